The highest BCUT2D eigenvalue weighted by atomic mass is 16.5. The molecule has 0 saturated carbocycles. The van der Waals surface area contributed by atoms with Crippen LogP contribution in [0.15, 0.2) is 5.76 Å². The number of carbonyl (C=O) groups is 1. The van der Waals surface area contributed by atoms with E-state index in [4.69, 9.17) is 10.5 Å². The van der Waals surface area contributed by atoms with Gasteiger partial charge in [-0.2, -0.15) is 0 Å². The molecule has 4 nitrogen and oxygen atoms in total. The number of hydrogen-bond acceptors (Lipinski definition) is 3. The second-order valence-corrected chi connectivity index (χ2v) is 1.18. The molecule has 0 rings (SSSR count). The zero-order valence-corrected chi connectivity index (χ0v) is 4.92. The van der Waals surface area contributed by atoms with Gasteiger partial charge in [-0.05, 0) is 6.92 Å². The van der Waals surface area contributed by atoms with Gasteiger partial charge in [0.2, 0.25) is 5.76 Å². The molecule has 0 aliphatic rings. The van der Waals surface area contributed by atoms with Crippen molar-refractivity contribution in [3.63, 3.8) is 0 Å². The van der Waals surface area contributed by atoms with E-state index < -0.39 is 11.7 Å². The number of aliphatic hydroxyl groups excluding tert-OH is 1. The lowest BCUT2D eigenvalue weighted by molar-refractivity contribution is -0.141. The lowest BCUT2D eigenvalue weighted by atomic mass is 10.6. The van der Waals surface area contributed by atoms with Crippen LogP contribution in [0.4, 0.5) is 0 Å². The summed E-state index contributed by atoms with van der Waals surface area (Å²) in [7, 11) is 0. The maximum absolute atomic E-state index is 10.2. The van der Waals surface area contributed by atoms with Crippen molar-refractivity contribution in [3.8, 4) is 0 Å². The van der Waals surface area contributed by atoms with E-state index in [1.165, 1.54) is 5.87 Å². The molecule has 0 aromatic rings. The first-order valence-corrected chi connectivity index (χ1v) is 2.35. The molecule has 0 aliphatic carbocycles. The van der Waals surface area contributed by atoms with Gasteiger partial charge in [0.15, 0.2) is 0 Å². The monoisotopic (exact) mass is 128 g/mol. The molecule has 0 saturated heterocycles. The minimum atomic E-state index is -0.972. The molecule has 9 heavy (non-hydrogen) atoms. The van der Waals surface area contributed by atoms with Crippen LogP contribution in [0.5, 0.6) is 0 Å². The van der Waals surface area contributed by atoms with Gasteiger partial charge in [-0.15, -0.1) is 0 Å². The van der Waals surface area contributed by atoms with Crippen molar-refractivity contribution in [2.75, 3.05) is 6.61 Å². The first-order valence-electron chi connectivity index (χ1n) is 2.35. The molecular formula is C5H6NO3-. The van der Waals surface area contributed by atoms with Crippen molar-refractivity contribution < 1.29 is 14.6 Å². The molecule has 0 aromatic carbocycles. The molecule has 0 aromatic heterocycles. The molecule has 0 heterocycles. The third-order valence-electron chi connectivity index (χ3n) is 0.575. The molecule has 1 N–H and O–H groups in total. The van der Waals surface area contributed by atoms with E-state index in [-0.39, 0.29) is 6.61 Å². The molecule has 4 heteroatoms. The first-order chi connectivity index (χ1) is 4.22. The number of ether oxygens (including phenoxy) is 1. The zero-order chi connectivity index (χ0) is 7.28. The molecule has 0 aliphatic heterocycles. The topological polar surface area (TPSA) is 68.8 Å². The van der Waals surface area contributed by atoms with Crippen LogP contribution in [0.25, 0.3) is 5.41 Å². The Balaban J connectivity index is 3.89. The van der Waals surface area contributed by atoms with E-state index in [2.05, 4.69) is 4.74 Å². The van der Waals surface area contributed by atoms with Crippen LogP contribution in [0.2, 0.25) is 0 Å². The molecule has 0 atom stereocenters. The normalized spacial score (nSPS) is 7.67. The van der Waals surface area contributed by atoms with Crippen LogP contribution in [-0.4, -0.2) is 23.6 Å². The Morgan fingerprint density at radius 2 is 2.44 bits per heavy atom. The second kappa shape index (κ2) is 3.69. The Bertz CT molecular complexity index is 158. The fourth-order valence-corrected chi connectivity index (χ4v) is 0.245. The number of rotatable bonds is 2. The smallest absolute Gasteiger partial charge is 0.380 e. The summed E-state index contributed by atoms with van der Waals surface area (Å²) in [4.78, 5) is 10.2. The van der Waals surface area contributed by atoms with Crippen molar-refractivity contribution in [1.82, 2.24) is 0 Å². The highest BCUT2D eigenvalue weighted by Gasteiger charge is 2.03. The van der Waals surface area contributed by atoms with E-state index in [1.54, 1.807) is 6.92 Å². The summed E-state index contributed by atoms with van der Waals surface area (Å²) in [6, 6.07) is 0. The minimum Gasteiger partial charge on any atom is -0.760 e. The summed E-state index contributed by atoms with van der Waals surface area (Å²) in [5.41, 5.74) is 0. The van der Waals surface area contributed by atoms with Crippen molar-refractivity contribution in [2.45, 2.75) is 6.92 Å². The molecule has 50 valence electrons. The molecule has 0 fully saturated rings. The molecule has 0 unspecified atom stereocenters. The standard InChI is InChI=1S/C5H6NO3/c1-2-9-5(8)4(7)3-6/h7H,2H2,1H3/q-1. The lowest BCUT2D eigenvalue weighted by Gasteiger charge is -1.96. The van der Waals surface area contributed by atoms with E-state index in [0.29, 0.717) is 0 Å². The van der Waals surface area contributed by atoms with Gasteiger partial charge in [-0.3, -0.25) is 0 Å². The summed E-state index contributed by atoms with van der Waals surface area (Å²) < 4.78 is 4.25. The Morgan fingerprint density at radius 3 is 2.78 bits per heavy atom. The van der Waals surface area contributed by atoms with E-state index in [9.17, 15) is 4.79 Å². The van der Waals surface area contributed by atoms with Crippen molar-refractivity contribution in [3.05, 3.63) is 11.2 Å². The highest BCUT2D eigenvalue weighted by Crippen LogP contribution is 1.85. The number of aliphatic hydroxyl groups is 1. The quantitative estimate of drug-likeness (QED) is 0.250. The van der Waals surface area contributed by atoms with Crippen molar-refractivity contribution in [1.29, 1.82) is 0 Å². The van der Waals surface area contributed by atoms with Crippen molar-refractivity contribution >= 4 is 11.8 Å². The second-order valence-electron chi connectivity index (χ2n) is 1.18. The molecule has 0 bridgehead atoms. The van der Waals surface area contributed by atoms with Gasteiger partial charge in [0.05, 0.1) is 6.61 Å². The Morgan fingerprint density at radius 1 is 1.89 bits per heavy atom. The van der Waals surface area contributed by atoms with Gasteiger partial charge in [-0.1, -0.05) is 0 Å². The van der Waals surface area contributed by atoms with Crippen LogP contribution >= 0.6 is 0 Å². The van der Waals surface area contributed by atoms with Crippen LogP contribution in [-0.2, 0) is 9.53 Å². The first kappa shape index (κ1) is 7.72. The van der Waals surface area contributed by atoms with E-state index in [0.717, 1.165) is 0 Å². The molecule has 0 amide bonds. The summed E-state index contributed by atoms with van der Waals surface area (Å²) in [5, 5.41) is 16.2. The number of esters is 1. The highest BCUT2D eigenvalue weighted by molar-refractivity contribution is 5.95. The fraction of sp³-hybridized carbons (Fsp3) is 0.400. The maximum atomic E-state index is 10.2. The summed E-state index contributed by atoms with van der Waals surface area (Å²) in [5.74, 6) is -0.631. The van der Waals surface area contributed by atoms with Crippen LogP contribution in [0, 0.1) is 0 Å². The summed E-state index contributed by atoms with van der Waals surface area (Å²) in [6.45, 7) is 1.74. The Labute approximate surface area is 52.3 Å². The van der Waals surface area contributed by atoms with Crippen LogP contribution in [0.3, 0.4) is 0 Å². The van der Waals surface area contributed by atoms with Crippen molar-refractivity contribution in [2.24, 2.45) is 0 Å². The van der Waals surface area contributed by atoms with E-state index in [1.807, 2.05) is 0 Å². The van der Waals surface area contributed by atoms with Gasteiger partial charge in [0.1, 0.15) is 0 Å². The number of carbonyl (C=O) groups excluding carboxylic acids is 1. The average molecular weight is 128 g/mol. The Hall–Kier alpha value is -1.28. The Kier molecular flexibility index (Phi) is 3.16. The number of nitrogens with zero attached hydrogens (tertiary/aromatic N) is 1. The SMILES string of the molecule is CCOC(=O)C(O)=C=[N-]. The van der Waals surface area contributed by atoms with Gasteiger partial charge >= 0.3 is 5.97 Å². The molecule has 0 radical (unpaired) electrons. The molecule has 0 spiro atoms. The van der Waals surface area contributed by atoms with Gasteiger partial charge < -0.3 is 15.3 Å². The predicted octanol–water partition coefficient (Wildman–Crippen LogP) is 0.231. The van der Waals surface area contributed by atoms with Crippen LogP contribution in [0.1, 0.15) is 6.92 Å². The van der Waals surface area contributed by atoms with Gasteiger partial charge in [0, 0.05) is 0 Å². The van der Waals surface area contributed by atoms with Gasteiger partial charge in [0.25, 0.3) is 0 Å². The minimum absolute atomic E-state index is 0.157. The predicted molar refractivity (Wildman–Crippen MR) is 31.1 cm³/mol. The summed E-state index contributed by atoms with van der Waals surface area (Å²) >= 11 is 0. The lowest BCUT2D eigenvalue weighted by Crippen LogP contribution is -2.06. The van der Waals surface area contributed by atoms with Crippen LogP contribution < -0.4 is 0 Å². The maximum Gasteiger partial charge on any atom is 0.380 e. The average Bonchev–Trinajstić information content (AvgIpc) is 1.87. The third kappa shape index (κ3) is 2.51. The van der Waals surface area contributed by atoms with Gasteiger partial charge in [-0.25, -0.2) is 10.7 Å². The number of hydrogen-bond donors (Lipinski definition) is 1. The largest absolute Gasteiger partial charge is 0.760 e. The zero-order valence-electron chi connectivity index (χ0n) is 4.92. The fourth-order valence-electron chi connectivity index (χ4n) is 0.245. The summed E-state index contributed by atoms with van der Waals surface area (Å²) in [6.07, 6.45) is 0. The third-order valence-corrected chi connectivity index (χ3v) is 0.575. The van der Waals surface area contributed by atoms with E-state index >= 15 is 0 Å². The molecular weight excluding hydrogens is 122 g/mol.